The molecule has 3 N–H and O–H groups in total. The first kappa shape index (κ1) is 25.0. The van der Waals surface area contributed by atoms with E-state index < -0.39 is 0 Å². The molecule has 8 nitrogen and oxygen atoms in total. The molecule has 3 aromatic heterocycles. The normalized spacial score (nSPS) is 12.3. The number of likely N-dealkylation sites (N-methyl/N-ethyl adjacent to an activating group) is 1. The highest BCUT2D eigenvalue weighted by Crippen LogP contribution is 2.34. The minimum absolute atomic E-state index is 0.313. The van der Waals surface area contributed by atoms with Crippen molar-refractivity contribution in [3.05, 3.63) is 72.3 Å². The average Bonchev–Trinajstić information content (AvgIpc) is 3.51. The Kier molecular flexibility index (Phi) is 7.10. The SMILES string of the molecule is C=N/C=N\C=C(/C)c1ccc2[nH]nc(-c3cc4c(-c5cc(F)cc(NCCN(C)C)c5)nccc4[nH]3)c2c1. The van der Waals surface area contributed by atoms with Gasteiger partial charge < -0.3 is 15.2 Å². The molecule has 5 aromatic rings. The summed E-state index contributed by atoms with van der Waals surface area (Å²) in [6.45, 7) is 6.95. The number of hydrogen-bond donors (Lipinski definition) is 3. The molecule has 0 radical (unpaired) electrons. The van der Waals surface area contributed by atoms with Gasteiger partial charge in [-0.05, 0) is 81.3 Å². The van der Waals surface area contributed by atoms with E-state index in [-0.39, 0.29) is 5.82 Å². The number of nitrogens with zero attached hydrogens (tertiary/aromatic N) is 5. The standard InChI is InChI=1S/C29H29FN8/c1-18(16-32-17-31-2)19-5-6-26-23(13-19)29(37-36-26)27-15-24-25(35-27)7-8-34-28(24)20-11-21(30)14-22(12-20)33-9-10-38(3)4/h5-8,11-17,33,35H,2,9-10H2,1,3-4H3,(H,36,37)/b18-16+,32-17-. The lowest BCUT2D eigenvalue weighted by Crippen LogP contribution is -2.20. The van der Waals surface area contributed by atoms with E-state index in [9.17, 15) is 4.39 Å². The van der Waals surface area contributed by atoms with Gasteiger partial charge in [0.25, 0.3) is 0 Å². The van der Waals surface area contributed by atoms with E-state index in [1.54, 1.807) is 12.4 Å². The Morgan fingerprint density at radius 3 is 2.74 bits per heavy atom. The van der Waals surface area contributed by atoms with Crippen LogP contribution in [0.1, 0.15) is 12.5 Å². The Morgan fingerprint density at radius 2 is 1.92 bits per heavy atom. The summed E-state index contributed by atoms with van der Waals surface area (Å²) in [5.41, 5.74) is 7.59. The van der Waals surface area contributed by atoms with Crippen LogP contribution in [-0.2, 0) is 0 Å². The first-order valence-corrected chi connectivity index (χ1v) is 12.2. The van der Waals surface area contributed by atoms with Gasteiger partial charge in [-0.3, -0.25) is 15.1 Å². The van der Waals surface area contributed by atoms with Crippen LogP contribution in [0.25, 0.3) is 50.0 Å². The van der Waals surface area contributed by atoms with Crippen LogP contribution in [0.4, 0.5) is 10.1 Å². The highest BCUT2D eigenvalue weighted by atomic mass is 19.1. The van der Waals surface area contributed by atoms with Crippen LogP contribution in [0.5, 0.6) is 0 Å². The third-order valence-corrected chi connectivity index (χ3v) is 6.30. The topological polar surface area (TPSA) is 97.3 Å². The lowest BCUT2D eigenvalue weighted by atomic mass is 10.0. The number of pyridine rings is 1. The highest BCUT2D eigenvalue weighted by Gasteiger charge is 2.16. The molecular weight excluding hydrogens is 479 g/mol. The first-order chi connectivity index (χ1) is 18.4. The summed E-state index contributed by atoms with van der Waals surface area (Å²) >= 11 is 0. The minimum atomic E-state index is -0.313. The zero-order chi connectivity index (χ0) is 26.6. The van der Waals surface area contributed by atoms with Crippen molar-refractivity contribution in [2.75, 3.05) is 32.5 Å². The van der Waals surface area contributed by atoms with E-state index in [0.717, 1.165) is 56.6 Å². The molecule has 0 saturated carbocycles. The van der Waals surface area contributed by atoms with Crippen LogP contribution in [0.2, 0.25) is 0 Å². The van der Waals surface area contributed by atoms with Gasteiger partial charge in [-0.1, -0.05) is 6.07 Å². The van der Waals surface area contributed by atoms with Crippen molar-refractivity contribution in [1.82, 2.24) is 25.1 Å². The average molecular weight is 509 g/mol. The third-order valence-electron chi connectivity index (χ3n) is 6.30. The van der Waals surface area contributed by atoms with Gasteiger partial charge in [0.15, 0.2) is 0 Å². The number of anilines is 1. The number of allylic oxidation sites excluding steroid dienone is 1. The molecule has 192 valence electrons. The number of halogens is 1. The predicted octanol–water partition coefficient (Wildman–Crippen LogP) is 5.98. The molecule has 9 heteroatoms. The second-order valence-electron chi connectivity index (χ2n) is 9.35. The Labute approximate surface area is 220 Å². The van der Waals surface area contributed by atoms with Crippen molar-refractivity contribution < 1.29 is 4.39 Å². The first-order valence-electron chi connectivity index (χ1n) is 12.2. The molecule has 0 unspecified atom stereocenters. The molecule has 0 saturated heterocycles. The molecule has 0 aliphatic rings. The number of hydrogen-bond acceptors (Lipinski definition) is 5. The Bertz CT molecular complexity index is 1680. The molecule has 0 atom stereocenters. The number of aromatic amines is 2. The fourth-order valence-electron chi connectivity index (χ4n) is 4.40. The van der Waals surface area contributed by atoms with Crippen LogP contribution >= 0.6 is 0 Å². The van der Waals surface area contributed by atoms with Crippen molar-refractivity contribution in [2.24, 2.45) is 9.98 Å². The van der Waals surface area contributed by atoms with Gasteiger partial charge in [-0.25, -0.2) is 9.38 Å². The van der Waals surface area contributed by atoms with Gasteiger partial charge >= 0.3 is 0 Å². The van der Waals surface area contributed by atoms with Crippen molar-refractivity contribution in [3.8, 4) is 22.6 Å². The monoisotopic (exact) mass is 508 g/mol. The minimum Gasteiger partial charge on any atom is -0.384 e. The molecule has 0 spiro atoms. The molecule has 38 heavy (non-hydrogen) atoms. The van der Waals surface area contributed by atoms with E-state index in [0.29, 0.717) is 17.8 Å². The maximum absolute atomic E-state index is 14.6. The molecule has 0 aliphatic heterocycles. The van der Waals surface area contributed by atoms with Crippen molar-refractivity contribution >= 4 is 46.1 Å². The second-order valence-corrected chi connectivity index (χ2v) is 9.35. The molecule has 0 aliphatic carbocycles. The van der Waals surface area contributed by atoms with Crippen molar-refractivity contribution in [3.63, 3.8) is 0 Å². The summed E-state index contributed by atoms with van der Waals surface area (Å²) in [6.07, 6.45) is 4.89. The summed E-state index contributed by atoms with van der Waals surface area (Å²) in [4.78, 5) is 17.9. The fourth-order valence-corrected chi connectivity index (χ4v) is 4.40. The largest absolute Gasteiger partial charge is 0.384 e. The Hall–Kier alpha value is -4.63. The fraction of sp³-hybridized carbons (Fsp3) is 0.172. The van der Waals surface area contributed by atoms with Crippen LogP contribution in [0.3, 0.4) is 0 Å². The Balaban J connectivity index is 1.54. The van der Waals surface area contributed by atoms with Gasteiger partial charge in [-0.2, -0.15) is 5.10 Å². The van der Waals surface area contributed by atoms with Crippen LogP contribution in [0, 0.1) is 5.82 Å². The van der Waals surface area contributed by atoms with Crippen LogP contribution in [-0.4, -0.2) is 65.3 Å². The number of aromatic nitrogens is 4. The van der Waals surface area contributed by atoms with Crippen molar-refractivity contribution in [1.29, 1.82) is 0 Å². The van der Waals surface area contributed by atoms with Gasteiger partial charge in [0, 0.05) is 53.0 Å². The summed E-state index contributed by atoms with van der Waals surface area (Å²) in [6, 6.07) is 15.0. The number of H-pyrrole nitrogens is 2. The summed E-state index contributed by atoms with van der Waals surface area (Å²) in [5.74, 6) is -0.313. The smallest absolute Gasteiger partial charge is 0.125 e. The summed E-state index contributed by atoms with van der Waals surface area (Å²) in [5, 5.41) is 12.9. The highest BCUT2D eigenvalue weighted by molar-refractivity contribution is 6.00. The molecular formula is C29H29FN8. The Morgan fingerprint density at radius 1 is 1.08 bits per heavy atom. The van der Waals surface area contributed by atoms with Crippen LogP contribution in [0.15, 0.2) is 70.9 Å². The van der Waals surface area contributed by atoms with Gasteiger partial charge in [0.1, 0.15) is 17.8 Å². The number of benzene rings is 2. The van der Waals surface area contributed by atoms with Gasteiger partial charge in [0.05, 0.1) is 16.9 Å². The maximum atomic E-state index is 14.6. The quantitative estimate of drug-likeness (QED) is 0.169. The zero-order valence-electron chi connectivity index (χ0n) is 21.6. The number of fused-ring (bicyclic) bond motifs is 2. The van der Waals surface area contributed by atoms with Crippen LogP contribution < -0.4 is 5.32 Å². The zero-order valence-corrected chi connectivity index (χ0v) is 21.6. The van der Waals surface area contributed by atoms with Gasteiger partial charge in [-0.15, -0.1) is 0 Å². The lowest BCUT2D eigenvalue weighted by Gasteiger charge is -2.12. The number of rotatable bonds is 9. The molecule has 0 amide bonds. The van der Waals surface area contributed by atoms with E-state index in [2.05, 4.69) is 53.2 Å². The third kappa shape index (κ3) is 5.23. The van der Waals surface area contributed by atoms with E-state index in [1.807, 2.05) is 51.4 Å². The van der Waals surface area contributed by atoms with E-state index in [1.165, 1.54) is 18.5 Å². The summed E-state index contributed by atoms with van der Waals surface area (Å²) in [7, 11) is 4.01. The van der Waals surface area contributed by atoms with Crippen molar-refractivity contribution in [2.45, 2.75) is 6.92 Å². The predicted molar refractivity (Wildman–Crippen MR) is 155 cm³/mol. The van der Waals surface area contributed by atoms with E-state index in [4.69, 9.17) is 0 Å². The second kappa shape index (κ2) is 10.8. The summed E-state index contributed by atoms with van der Waals surface area (Å²) < 4.78 is 14.6. The lowest BCUT2D eigenvalue weighted by molar-refractivity contribution is 0.425. The molecule has 3 heterocycles. The molecule has 2 aromatic carbocycles. The number of aliphatic imine (C=N–C) groups is 2. The van der Waals surface area contributed by atoms with E-state index >= 15 is 0 Å². The molecule has 5 rings (SSSR count). The molecule has 0 bridgehead atoms. The number of nitrogens with one attached hydrogen (secondary N) is 3. The maximum Gasteiger partial charge on any atom is 0.125 e. The van der Waals surface area contributed by atoms with Gasteiger partial charge in [0.2, 0.25) is 0 Å². The molecule has 0 fully saturated rings.